The van der Waals surface area contributed by atoms with E-state index in [4.69, 9.17) is 0 Å². The minimum absolute atomic E-state index is 0.0667. The number of amides is 1. The molecule has 0 bridgehead atoms. The highest BCUT2D eigenvalue weighted by Gasteiger charge is 2.34. The van der Waals surface area contributed by atoms with Crippen molar-refractivity contribution in [3.63, 3.8) is 0 Å². The van der Waals surface area contributed by atoms with Crippen LogP contribution in [0.5, 0.6) is 0 Å². The number of aromatic nitrogens is 2. The van der Waals surface area contributed by atoms with Gasteiger partial charge in [0.05, 0.1) is 5.60 Å². The summed E-state index contributed by atoms with van der Waals surface area (Å²) in [5.74, 6) is -0.291. The van der Waals surface area contributed by atoms with Crippen LogP contribution in [-0.2, 0) is 11.3 Å². The highest BCUT2D eigenvalue weighted by atomic mass is 16.3. The molecule has 17 heavy (non-hydrogen) atoms. The predicted octanol–water partition coefficient (Wildman–Crippen LogP) is -0.725. The first-order valence-electron chi connectivity index (χ1n) is 5.60. The molecule has 0 unspecified atom stereocenters. The van der Waals surface area contributed by atoms with Crippen molar-refractivity contribution in [3.05, 3.63) is 28.9 Å². The van der Waals surface area contributed by atoms with Gasteiger partial charge in [0.2, 0.25) is 5.91 Å². The van der Waals surface area contributed by atoms with E-state index in [-0.39, 0.29) is 19.0 Å². The second-order valence-electron chi connectivity index (χ2n) is 4.38. The Labute approximate surface area is 98.3 Å². The lowest BCUT2D eigenvalue weighted by atomic mass is 9.80. The van der Waals surface area contributed by atoms with Crippen molar-refractivity contribution in [1.29, 1.82) is 0 Å². The van der Waals surface area contributed by atoms with Crippen LogP contribution in [0.1, 0.15) is 19.3 Å². The Balaban J connectivity index is 1.85. The summed E-state index contributed by atoms with van der Waals surface area (Å²) in [5.41, 5.74) is -1.19. The van der Waals surface area contributed by atoms with E-state index in [1.165, 1.54) is 17.0 Å². The number of hydrogen-bond donors (Lipinski definition) is 2. The third-order valence-corrected chi connectivity index (χ3v) is 3.00. The molecule has 1 saturated carbocycles. The lowest BCUT2D eigenvalue weighted by Gasteiger charge is -2.36. The number of nitrogens with one attached hydrogen (secondary N) is 1. The second-order valence-corrected chi connectivity index (χ2v) is 4.38. The van der Waals surface area contributed by atoms with Gasteiger partial charge in [0, 0.05) is 18.9 Å². The average Bonchev–Trinajstić information content (AvgIpc) is 2.27. The molecule has 0 aliphatic heterocycles. The van der Waals surface area contributed by atoms with Gasteiger partial charge in [-0.05, 0) is 25.3 Å². The number of hydrogen-bond acceptors (Lipinski definition) is 4. The highest BCUT2D eigenvalue weighted by Crippen LogP contribution is 2.30. The molecular weight excluding hydrogens is 222 g/mol. The molecule has 92 valence electrons. The van der Waals surface area contributed by atoms with Crippen LogP contribution in [0.3, 0.4) is 0 Å². The maximum absolute atomic E-state index is 11.5. The summed E-state index contributed by atoms with van der Waals surface area (Å²) in [7, 11) is 0. The maximum atomic E-state index is 11.5. The van der Waals surface area contributed by atoms with Crippen LogP contribution in [0.4, 0.5) is 0 Å². The first-order chi connectivity index (χ1) is 8.09. The fourth-order valence-corrected chi connectivity index (χ4v) is 1.74. The van der Waals surface area contributed by atoms with Gasteiger partial charge in [-0.25, -0.2) is 9.78 Å². The Morgan fingerprint density at radius 1 is 1.59 bits per heavy atom. The predicted molar refractivity (Wildman–Crippen MR) is 60.3 cm³/mol. The quantitative estimate of drug-likeness (QED) is 0.723. The molecule has 1 amide bonds. The van der Waals surface area contributed by atoms with Gasteiger partial charge in [-0.1, -0.05) is 0 Å². The summed E-state index contributed by atoms with van der Waals surface area (Å²) >= 11 is 0. The molecule has 2 N–H and O–H groups in total. The Morgan fingerprint density at radius 2 is 2.35 bits per heavy atom. The Kier molecular flexibility index (Phi) is 3.23. The fourth-order valence-electron chi connectivity index (χ4n) is 1.74. The van der Waals surface area contributed by atoms with Gasteiger partial charge in [0.25, 0.3) is 0 Å². The summed E-state index contributed by atoms with van der Waals surface area (Å²) < 4.78 is 1.22. The van der Waals surface area contributed by atoms with Crippen LogP contribution in [0.25, 0.3) is 0 Å². The molecule has 6 heteroatoms. The topological polar surface area (TPSA) is 84.2 Å². The van der Waals surface area contributed by atoms with Gasteiger partial charge < -0.3 is 10.4 Å². The van der Waals surface area contributed by atoms with Gasteiger partial charge in [-0.15, -0.1) is 0 Å². The van der Waals surface area contributed by atoms with Crippen LogP contribution in [0.2, 0.25) is 0 Å². The van der Waals surface area contributed by atoms with E-state index in [1.807, 2.05) is 0 Å². The lowest BCUT2D eigenvalue weighted by molar-refractivity contribution is -0.124. The summed E-state index contributed by atoms with van der Waals surface area (Å²) in [4.78, 5) is 26.3. The Hall–Kier alpha value is -1.69. The highest BCUT2D eigenvalue weighted by molar-refractivity contribution is 5.75. The average molecular weight is 237 g/mol. The zero-order valence-corrected chi connectivity index (χ0v) is 9.43. The molecule has 6 nitrogen and oxygen atoms in total. The fraction of sp³-hybridized carbons (Fsp3) is 0.545. The van der Waals surface area contributed by atoms with E-state index in [1.54, 1.807) is 6.07 Å². The molecule has 0 aromatic carbocycles. The molecule has 0 atom stereocenters. The van der Waals surface area contributed by atoms with E-state index in [0.717, 1.165) is 19.3 Å². The SMILES string of the molecule is O=C(Cn1cccnc1=O)NCC1(O)CCC1. The molecule has 2 rings (SSSR count). The van der Waals surface area contributed by atoms with Gasteiger partial charge in [0.15, 0.2) is 0 Å². The van der Waals surface area contributed by atoms with Crippen LogP contribution >= 0.6 is 0 Å². The third kappa shape index (κ3) is 2.91. The van der Waals surface area contributed by atoms with Crippen LogP contribution in [-0.4, -0.2) is 32.7 Å². The molecule has 0 radical (unpaired) electrons. The minimum Gasteiger partial charge on any atom is -0.388 e. The van der Waals surface area contributed by atoms with Gasteiger partial charge >= 0.3 is 5.69 Å². The van der Waals surface area contributed by atoms with E-state index in [0.29, 0.717) is 0 Å². The molecular formula is C11H15N3O3. The molecule has 1 fully saturated rings. The van der Waals surface area contributed by atoms with Crippen molar-refractivity contribution >= 4 is 5.91 Å². The first-order valence-corrected chi connectivity index (χ1v) is 5.60. The van der Waals surface area contributed by atoms with Gasteiger partial charge in [-0.3, -0.25) is 9.36 Å². The zero-order chi connectivity index (χ0) is 12.3. The van der Waals surface area contributed by atoms with Crippen LogP contribution < -0.4 is 11.0 Å². The number of aliphatic hydroxyl groups is 1. The molecule has 1 aromatic heterocycles. The van der Waals surface area contributed by atoms with Crippen molar-refractivity contribution in [2.75, 3.05) is 6.54 Å². The third-order valence-electron chi connectivity index (χ3n) is 3.00. The van der Waals surface area contributed by atoms with Crippen molar-refractivity contribution in [2.24, 2.45) is 0 Å². The largest absolute Gasteiger partial charge is 0.388 e. The standard InChI is InChI=1S/C11H15N3O3/c15-9(13-8-11(17)3-1-4-11)7-14-6-2-5-12-10(14)16/h2,5-6,17H,1,3-4,7-8H2,(H,13,15). The number of carbonyl (C=O) groups is 1. The summed E-state index contributed by atoms with van der Waals surface area (Å²) in [6, 6.07) is 1.59. The smallest absolute Gasteiger partial charge is 0.347 e. The van der Waals surface area contributed by atoms with E-state index in [9.17, 15) is 14.7 Å². The zero-order valence-electron chi connectivity index (χ0n) is 9.43. The number of rotatable bonds is 4. The molecule has 0 saturated heterocycles. The Bertz CT molecular complexity index is 465. The monoisotopic (exact) mass is 237 g/mol. The van der Waals surface area contributed by atoms with E-state index in [2.05, 4.69) is 10.3 Å². The van der Waals surface area contributed by atoms with Crippen LogP contribution in [0.15, 0.2) is 23.3 Å². The van der Waals surface area contributed by atoms with Crippen LogP contribution in [0, 0.1) is 0 Å². The lowest BCUT2D eigenvalue weighted by Crippen LogP contribution is -2.48. The maximum Gasteiger partial charge on any atom is 0.347 e. The number of nitrogens with zero attached hydrogens (tertiary/aromatic N) is 2. The Morgan fingerprint density at radius 3 is 2.94 bits per heavy atom. The molecule has 1 aliphatic rings. The van der Waals surface area contributed by atoms with E-state index < -0.39 is 11.3 Å². The minimum atomic E-state index is -0.741. The van der Waals surface area contributed by atoms with Crippen molar-refractivity contribution in [1.82, 2.24) is 14.9 Å². The normalized spacial score (nSPS) is 17.2. The molecule has 1 aliphatic carbocycles. The van der Waals surface area contributed by atoms with Gasteiger partial charge in [0.1, 0.15) is 6.54 Å². The molecule has 1 heterocycles. The molecule has 0 spiro atoms. The summed E-state index contributed by atoms with van der Waals surface area (Å²) in [6.07, 6.45) is 5.33. The van der Waals surface area contributed by atoms with Crippen molar-refractivity contribution < 1.29 is 9.90 Å². The van der Waals surface area contributed by atoms with Crippen molar-refractivity contribution in [2.45, 2.75) is 31.4 Å². The summed E-state index contributed by atoms with van der Waals surface area (Å²) in [5, 5.41) is 12.4. The van der Waals surface area contributed by atoms with Crippen molar-refractivity contribution in [3.8, 4) is 0 Å². The number of carbonyl (C=O) groups excluding carboxylic acids is 1. The van der Waals surface area contributed by atoms with Gasteiger partial charge in [-0.2, -0.15) is 0 Å². The molecule has 1 aromatic rings. The van der Waals surface area contributed by atoms with E-state index >= 15 is 0 Å². The first kappa shape index (κ1) is 11.8. The second kappa shape index (κ2) is 4.67. The summed E-state index contributed by atoms with van der Waals surface area (Å²) in [6.45, 7) is 0.184.